The molecule has 1 saturated carbocycles. The second-order valence-electron chi connectivity index (χ2n) is 5.63. The molecule has 18 heavy (non-hydrogen) atoms. The maximum atomic E-state index is 12.4. The van der Waals surface area contributed by atoms with E-state index in [0.717, 1.165) is 45.3 Å². The monoisotopic (exact) mass is 255 g/mol. The molecule has 0 aliphatic heterocycles. The second-order valence-corrected chi connectivity index (χ2v) is 5.63. The molecule has 106 valence electrons. The third kappa shape index (κ3) is 4.58. The van der Waals surface area contributed by atoms with Crippen LogP contribution < -0.4 is 5.73 Å². The van der Waals surface area contributed by atoms with E-state index >= 15 is 0 Å². The molecule has 2 N–H and O–H groups in total. The Kier molecular flexibility index (Phi) is 6.65. The molecule has 0 aromatic heterocycles. The summed E-state index contributed by atoms with van der Waals surface area (Å²) in [7, 11) is 4.13. The van der Waals surface area contributed by atoms with Gasteiger partial charge in [0.25, 0.3) is 0 Å². The Bertz CT molecular complexity index is 255. The SMILES string of the molecule is CCN(CCCN(C)C)C(=O)C1CCCCC1N. The zero-order valence-electron chi connectivity index (χ0n) is 12.2. The molecule has 4 nitrogen and oxygen atoms in total. The van der Waals surface area contributed by atoms with Crippen LogP contribution in [-0.2, 0) is 4.79 Å². The summed E-state index contributed by atoms with van der Waals surface area (Å²) in [6, 6.07) is 0.0779. The van der Waals surface area contributed by atoms with Crippen LogP contribution in [0.4, 0.5) is 0 Å². The summed E-state index contributed by atoms with van der Waals surface area (Å²) < 4.78 is 0. The molecule has 0 aromatic rings. The lowest BCUT2D eigenvalue weighted by Crippen LogP contribution is -2.46. The maximum Gasteiger partial charge on any atom is 0.227 e. The lowest BCUT2D eigenvalue weighted by Gasteiger charge is -2.32. The Morgan fingerprint density at radius 1 is 1.22 bits per heavy atom. The van der Waals surface area contributed by atoms with E-state index in [4.69, 9.17) is 5.73 Å². The average Bonchev–Trinajstić information content (AvgIpc) is 2.34. The molecule has 2 unspecified atom stereocenters. The first-order valence-electron chi connectivity index (χ1n) is 7.25. The molecule has 0 heterocycles. The number of nitrogens with two attached hydrogens (primary N) is 1. The summed E-state index contributed by atoms with van der Waals surface area (Å²) in [5.74, 6) is 0.349. The van der Waals surface area contributed by atoms with Gasteiger partial charge in [0.15, 0.2) is 0 Å². The average molecular weight is 255 g/mol. The first-order chi connectivity index (χ1) is 8.56. The zero-order chi connectivity index (χ0) is 13.5. The Morgan fingerprint density at radius 2 is 1.89 bits per heavy atom. The number of amides is 1. The Hall–Kier alpha value is -0.610. The third-order valence-electron chi connectivity index (χ3n) is 3.86. The molecule has 0 aromatic carbocycles. The van der Waals surface area contributed by atoms with Gasteiger partial charge in [-0.2, -0.15) is 0 Å². The minimum atomic E-state index is 0.0676. The molecule has 0 spiro atoms. The van der Waals surface area contributed by atoms with Crippen molar-refractivity contribution in [3.8, 4) is 0 Å². The highest BCUT2D eigenvalue weighted by Gasteiger charge is 2.30. The quantitative estimate of drug-likeness (QED) is 0.778. The molecule has 0 saturated heterocycles. The largest absolute Gasteiger partial charge is 0.343 e. The van der Waals surface area contributed by atoms with E-state index in [1.54, 1.807) is 0 Å². The van der Waals surface area contributed by atoms with Gasteiger partial charge >= 0.3 is 0 Å². The van der Waals surface area contributed by atoms with E-state index < -0.39 is 0 Å². The Labute approximate surface area is 111 Å². The van der Waals surface area contributed by atoms with Crippen LogP contribution in [0, 0.1) is 5.92 Å². The van der Waals surface area contributed by atoms with E-state index in [2.05, 4.69) is 25.9 Å². The van der Waals surface area contributed by atoms with Gasteiger partial charge in [-0.05, 0) is 46.8 Å². The molecular weight excluding hydrogens is 226 g/mol. The summed E-state index contributed by atoms with van der Waals surface area (Å²) in [6.45, 7) is 4.74. The van der Waals surface area contributed by atoms with Gasteiger partial charge in [0.05, 0.1) is 5.92 Å². The lowest BCUT2D eigenvalue weighted by atomic mass is 9.84. The molecule has 1 aliphatic carbocycles. The van der Waals surface area contributed by atoms with Crippen molar-refractivity contribution in [2.75, 3.05) is 33.7 Å². The number of nitrogens with zero attached hydrogens (tertiary/aromatic N) is 2. The van der Waals surface area contributed by atoms with Crippen molar-refractivity contribution in [2.45, 2.75) is 45.1 Å². The van der Waals surface area contributed by atoms with Crippen LogP contribution in [0.15, 0.2) is 0 Å². The Balaban J connectivity index is 2.44. The van der Waals surface area contributed by atoms with Crippen LogP contribution in [0.2, 0.25) is 0 Å². The standard InChI is InChI=1S/C14H29N3O/c1-4-17(11-7-10-16(2)3)14(18)12-8-5-6-9-13(12)15/h12-13H,4-11,15H2,1-3H3. The number of hydrogen-bond acceptors (Lipinski definition) is 3. The highest BCUT2D eigenvalue weighted by Crippen LogP contribution is 2.24. The summed E-state index contributed by atoms with van der Waals surface area (Å²) in [4.78, 5) is 16.6. The highest BCUT2D eigenvalue weighted by molar-refractivity contribution is 5.79. The predicted molar refractivity (Wildman–Crippen MR) is 75.4 cm³/mol. The summed E-state index contributed by atoms with van der Waals surface area (Å²) in [5, 5.41) is 0. The van der Waals surface area contributed by atoms with Crippen LogP contribution in [0.1, 0.15) is 39.0 Å². The Morgan fingerprint density at radius 3 is 2.44 bits per heavy atom. The van der Waals surface area contributed by atoms with Gasteiger partial charge in [-0.3, -0.25) is 4.79 Å². The minimum absolute atomic E-state index is 0.0676. The van der Waals surface area contributed by atoms with Crippen LogP contribution in [0.5, 0.6) is 0 Å². The molecule has 1 fully saturated rings. The predicted octanol–water partition coefficient (Wildman–Crippen LogP) is 1.30. The van der Waals surface area contributed by atoms with E-state index in [1.807, 2.05) is 4.90 Å². The van der Waals surface area contributed by atoms with Gasteiger partial charge in [-0.15, -0.1) is 0 Å². The van der Waals surface area contributed by atoms with Crippen molar-refractivity contribution in [2.24, 2.45) is 11.7 Å². The summed E-state index contributed by atoms with van der Waals surface area (Å²) in [5.41, 5.74) is 6.09. The van der Waals surface area contributed by atoms with Gasteiger partial charge in [0, 0.05) is 19.1 Å². The molecule has 1 rings (SSSR count). The molecule has 1 aliphatic rings. The molecule has 2 atom stereocenters. The molecule has 4 heteroatoms. The maximum absolute atomic E-state index is 12.4. The molecule has 0 bridgehead atoms. The number of carbonyl (C=O) groups excluding carboxylic acids is 1. The van der Waals surface area contributed by atoms with Gasteiger partial charge < -0.3 is 15.5 Å². The first-order valence-corrected chi connectivity index (χ1v) is 7.25. The number of carbonyl (C=O) groups is 1. The van der Waals surface area contributed by atoms with E-state index in [9.17, 15) is 4.79 Å². The molecular formula is C14H29N3O. The lowest BCUT2D eigenvalue weighted by molar-refractivity contribution is -0.137. The van der Waals surface area contributed by atoms with Crippen LogP contribution in [-0.4, -0.2) is 55.5 Å². The van der Waals surface area contributed by atoms with Crippen molar-refractivity contribution < 1.29 is 4.79 Å². The smallest absolute Gasteiger partial charge is 0.227 e. The number of hydrogen-bond donors (Lipinski definition) is 1. The van der Waals surface area contributed by atoms with Gasteiger partial charge in [0.2, 0.25) is 5.91 Å². The van der Waals surface area contributed by atoms with Crippen molar-refractivity contribution >= 4 is 5.91 Å². The third-order valence-corrected chi connectivity index (χ3v) is 3.86. The van der Waals surface area contributed by atoms with Crippen LogP contribution in [0.3, 0.4) is 0 Å². The van der Waals surface area contributed by atoms with Gasteiger partial charge in [-0.1, -0.05) is 12.8 Å². The fraction of sp³-hybridized carbons (Fsp3) is 0.929. The second kappa shape index (κ2) is 7.74. The topological polar surface area (TPSA) is 49.6 Å². The first kappa shape index (κ1) is 15.4. The molecule has 0 radical (unpaired) electrons. The van der Waals surface area contributed by atoms with E-state index in [1.165, 1.54) is 6.42 Å². The van der Waals surface area contributed by atoms with E-state index in [-0.39, 0.29) is 17.9 Å². The van der Waals surface area contributed by atoms with Crippen molar-refractivity contribution in [3.05, 3.63) is 0 Å². The summed E-state index contributed by atoms with van der Waals surface area (Å²) in [6.07, 6.45) is 5.35. The van der Waals surface area contributed by atoms with Crippen LogP contribution in [0.25, 0.3) is 0 Å². The van der Waals surface area contributed by atoms with Gasteiger partial charge in [0.1, 0.15) is 0 Å². The van der Waals surface area contributed by atoms with E-state index in [0.29, 0.717) is 0 Å². The van der Waals surface area contributed by atoms with Gasteiger partial charge in [-0.25, -0.2) is 0 Å². The number of rotatable bonds is 6. The summed E-state index contributed by atoms with van der Waals surface area (Å²) >= 11 is 0. The van der Waals surface area contributed by atoms with Crippen molar-refractivity contribution in [1.29, 1.82) is 0 Å². The zero-order valence-corrected chi connectivity index (χ0v) is 12.2. The van der Waals surface area contributed by atoms with Crippen molar-refractivity contribution in [1.82, 2.24) is 9.80 Å². The normalized spacial score (nSPS) is 24.3. The minimum Gasteiger partial charge on any atom is -0.343 e. The highest BCUT2D eigenvalue weighted by atomic mass is 16.2. The fourth-order valence-corrected chi connectivity index (χ4v) is 2.70. The molecule has 1 amide bonds. The fourth-order valence-electron chi connectivity index (χ4n) is 2.70. The van der Waals surface area contributed by atoms with Crippen LogP contribution >= 0.6 is 0 Å². The van der Waals surface area contributed by atoms with Crippen molar-refractivity contribution in [3.63, 3.8) is 0 Å².